The van der Waals surface area contributed by atoms with Gasteiger partial charge in [-0.1, -0.05) is 0 Å². The van der Waals surface area contributed by atoms with Gasteiger partial charge in [-0.05, 0) is 6.92 Å². The Kier molecular flexibility index (Phi) is 20.9. The number of aliphatic hydroxyl groups is 1. The number of nitrogens with two attached hydrogens (primary N) is 1. The van der Waals surface area contributed by atoms with Crippen molar-refractivity contribution in [3.8, 4) is 0 Å². The molecule has 4 heteroatoms. The number of hydrogen-bond acceptors (Lipinski definition) is 2. The summed E-state index contributed by atoms with van der Waals surface area (Å²) in [6.07, 6.45) is -0.338. The minimum absolute atomic E-state index is 0. The van der Waals surface area contributed by atoms with Crippen molar-refractivity contribution in [2.75, 3.05) is 6.54 Å². The number of hydrogen-bond donors (Lipinski definition) is 2. The zero-order valence-electron chi connectivity index (χ0n) is 4.13. The van der Waals surface area contributed by atoms with Gasteiger partial charge in [-0.2, -0.15) is 0 Å². The zero-order chi connectivity index (χ0) is 4.28. The standard InChI is InChI=1S/C3H9NO.2FH/c1-3(5)2-4;;/h3,5H,2,4H2,1H3;2*1H. The van der Waals surface area contributed by atoms with Crippen LogP contribution in [0.1, 0.15) is 6.92 Å². The van der Waals surface area contributed by atoms with Gasteiger partial charge in [0.1, 0.15) is 0 Å². The first-order valence-electron chi connectivity index (χ1n) is 1.65. The van der Waals surface area contributed by atoms with E-state index in [1.165, 1.54) is 0 Å². The molecular formula is C3H11F2NO. The highest BCUT2D eigenvalue weighted by Crippen LogP contribution is 1.65. The van der Waals surface area contributed by atoms with E-state index in [4.69, 9.17) is 10.8 Å². The molecule has 0 fully saturated rings. The van der Waals surface area contributed by atoms with Gasteiger partial charge in [0.25, 0.3) is 0 Å². The van der Waals surface area contributed by atoms with Gasteiger partial charge in [0.2, 0.25) is 0 Å². The summed E-state index contributed by atoms with van der Waals surface area (Å²) in [5, 5.41) is 8.24. The fourth-order valence-corrected chi connectivity index (χ4v) is 0. The average Bonchev–Trinajstić information content (AvgIpc) is 1.38. The molecule has 0 saturated heterocycles. The SMILES string of the molecule is CC(O)CN.F.F. The molecule has 0 aromatic heterocycles. The van der Waals surface area contributed by atoms with E-state index in [2.05, 4.69) is 0 Å². The molecule has 7 heavy (non-hydrogen) atoms. The predicted molar refractivity (Wildman–Crippen MR) is 25.7 cm³/mol. The maximum absolute atomic E-state index is 8.24. The molecule has 2 nitrogen and oxygen atoms in total. The summed E-state index contributed by atoms with van der Waals surface area (Å²) in [6, 6.07) is 0. The fourth-order valence-electron chi connectivity index (χ4n) is 0. The molecule has 0 rings (SSSR count). The van der Waals surface area contributed by atoms with Gasteiger partial charge in [-0.25, -0.2) is 0 Å². The molecule has 0 radical (unpaired) electrons. The maximum atomic E-state index is 8.24. The third-order valence-corrected chi connectivity index (χ3v) is 0.341. The van der Waals surface area contributed by atoms with Crippen LogP contribution in [-0.2, 0) is 0 Å². The second kappa shape index (κ2) is 9.24. The van der Waals surface area contributed by atoms with Gasteiger partial charge in [0.05, 0.1) is 6.10 Å². The summed E-state index contributed by atoms with van der Waals surface area (Å²) in [5.74, 6) is 0. The molecule has 1 unspecified atom stereocenters. The monoisotopic (exact) mass is 115 g/mol. The Balaban J connectivity index is -0.0000000800. The first-order valence-corrected chi connectivity index (χ1v) is 1.65. The molecule has 0 heterocycles. The molecule has 0 aromatic carbocycles. The lowest BCUT2D eigenvalue weighted by Crippen LogP contribution is -2.14. The summed E-state index contributed by atoms with van der Waals surface area (Å²) in [5.41, 5.74) is 4.92. The second-order valence-corrected chi connectivity index (χ2v) is 1.08. The van der Waals surface area contributed by atoms with E-state index in [1.54, 1.807) is 6.92 Å². The van der Waals surface area contributed by atoms with Crippen LogP contribution in [0.5, 0.6) is 0 Å². The zero-order valence-corrected chi connectivity index (χ0v) is 4.13. The van der Waals surface area contributed by atoms with Gasteiger partial charge in [-0.3, -0.25) is 9.41 Å². The van der Waals surface area contributed by atoms with Crippen LogP contribution in [0.15, 0.2) is 0 Å². The van der Waals surface area contributed by atoms with E-state index < -0.39 is 0 Å². The average molecular weight is 115 g/mol. The first kappa shape index (κ1) is 15.9. The third kappa shape index (κ3) is 26.1. The van der Waals surface area contributed by atoms with E-state index in [9.17, 15) is 0 Å². The fraction of sp³-hybridized carbons (Fsp3) is 1.00. The molecule has 0 amide bonds. The molecule has 0 saturated carbocycles. The lowest BCUT2D eigenvalue weighted by molar-refractivity contribution is 0.203. The van der Waals surface area contributed by atoms with Crippen molar-refractivity contribution in [3.63, 3.8) is 0 Å². The minimum atomic E-state index is -0.338. The lowest BCUT2D eigenvalue weighted by atomic mass is 10.4. The summed E-state index contributed by atoms with van der Waals surface area (Å²) < 4.78 is 0. The topological polar surface area (TPSA) is 46.2 Å². The molecule has 0 bridgehead atoms. The molecule has 0 spiro atoms. The van der Waals surface area contributed by atoms with Crippen molar-refractivity contribution < 1.29 is 14.5 Å². The summed E-state index contributed by atoms with van der Waals surface area (Å²) in [6.45, 7) is 2.01. The van der Waals surface area contributed by atoms with Crippen LogP contribution in [-0.4, -0.2) is 17.8 Å². The van der Waals surface area contributed by atoms with Crippen molar-refractivity contribution >= 4 is 0 Å². The molecule has 1 atom stereocenters. The predicted octanol–water partition coefficient (Wildman–Crippen LogP) is -0.369. The Morgan fingerprint density at radius 3 is 1.71 bits per heavy atom. The number of aliphatic hydroxyl groups excluding tert-OH is 1. The quantitative estimate of drug-likeness (QED) is 0.490. The van der Waals surface area contributed by atoms with E-state index in [1.807, 2.05) is 0 Å². The van der Waals surface area contributed by atoms with Crippen molar-refractivity contribution in [2.45, 2.75) is 13.0 Å². The summed E-state index contributed by atoms with van der Waals surface area (Å²) in [4.78, 5) is 0. The second-order valence-electron chi connectivity index (χ2n) is 1.08. The van der Waals surface area contributed by atoms with Crippen molar-refractivity contribution in [1.29, 1.82) is 0 Å². The van der Waals surface area contributed by atoms with Crippen molar-refractivity contribution in [3.05, 3.63) is 0 Å². The van der Waals surface area contributed by atoms with Crippen LogP contribution in [0.2, 0.25) is 0 Å². The molecule has 3 N–H and O–H groups in total. The van der Waals surface area contributed by atoms with E-state index in [0.29, 0.717) is 6.54 Å². The molecule has 0 aromatic rings. The van der Waals surface area contributed by atoms with Gasteiger partial charge >= 0.3 is 0 Å². The number of halogens is 2. The largest absolute Gasteiger partial charge is 0.392 e. The molecule has 0 aliphatic heterocycles. The van der Waals surface area contributed by atoms with E-state index in [-0.39, 0.29) is 15.5 Å². The lowest BCUT2D eigenvalue weighted by Gasteiger charge is -1.91. The number of rotatable bonds is 1. The van der Waals surface area contributed by atoms with Crippen LogP contribution in [0, 0.1) is 0 Å². The van der Waals surface area contributed by atoms with E-state index in [0.717, 1.165) is 0 Å². The molecule has 0 aliphatic rings. The van der Waals surface area contributed by atoms with Crippen LogP contribution < -0.4 is 5.73 Å². The normalized spacial score (nSPS) is 10.7. The van der Waals surface area contributed by atoms with Gasteiger partial charge in [0.15, 0.2) is 0 Å². The summed E-state index contributed by atoms with van der Waals surface area (Å²) in [7, 11) is 0. The highest BCUT2D eigenvalue weighted by atomic mass is 19.0. The maximum Gasteiger partial charge on any atom is 0.0634 e. The van der Waals surface area contributed by atoms with Crippen molar-refractivity contribution in [2.24, 2.45) is 5.73 Å². The van der Waals surface area contributed by atoms with Crippen molar-refractivity contribution in [1.82, 2.24) is 0 Å². The highest BCUT2D eigenvalue weighted by Gasteiger charge is 1.81. The summed E-state index contributed by atoms with van der Waals surface area (Å²) >= 11 is 0. The Hall–Kier alpha value is -0.220. The van der Waals surface area contributed by atoms with Gasteiger partial charge < -0.3 is 10.8 Å². The smallest absolute Gasteiger partial charge is 0.0634 e. The highest BCUT2D eigenvalue weighted by molar-refractivity contribution is 4.40. The van der Waals surface area contributed by atoms with Crippen LogP contribution >= 0.6 is 0 Å². The Bertz CT molecular complexity index is 26.9. The molecule has 48 valence electrons. The van der Waals surface area contributed by atoms with Crippen LogP contribution in [0.3, 0.4) is 0 Å². The van der Waals surface area contributed by atoms with Crippen LogP contribution in [0.4, 0.5) is 9.41 Å². The minimum Gasteiger partial charge on any atom is -0.392 e. The van der Waals surface area contributed by atoms with Gasteiger partial charge in [0, 0.05) is 6.54 Å². The van der Waals surface area contributed by atoms with Crippen LogP contribution in [0.25, 0.3) is 0 Å². The first-order chi connectivity index (χ1) is 2.27. The Labute approximate surface area is 41.1 Å². The Morgan fingerprint density at radius 2 is 1.71 bits per heavy atom. The Morgan fingerprint density at radius 1 is 1.57 bits per heavy atom. The third-order valence-electron chi connectivity index (χ3n) is 0.341. The van der Waals surface area contributed by atoms with E-state index >= 15 is 0 Å². The van der Waals surface area contributed by atoms with Gasteiger partial charge in [-0.15, -0.1) is 0 Å². The molecular weight excluding hydrogens is 104 g/mol. The molecule has 0 aliphatic carbocycles.